The van der Waals surface area contributed by atoms with Gasteiger partial charge in [0.05, 0.1) is 0 Å². The van der Waals surface area contributed by atoms with Gasteiger partial charge in [0, 0.05) is 24.3 Å². The molecule has 1 saturated heterocycles. The maximum Gasteiger partial charge on any atom is 0.159 e. The number of hydrogen-bond donors (Lipinski definition) is 1. The lowest BCUT2D eigenvalue weighted by Crippen LogP contribution is -2.57. The van der Waals surface area contributed by atoms with Gasteiger partial charge in [0.1, 0.15) is 6.09 Å². The molecule has 2 atom stereocenters. The molecule has 0 spiro atoms. The second kappa shape index (κ2) is 8.62. The molecule has 2 unspecified atom stereocenters. The van der Waals surface area contributed by atoms with Gasteiger partial charge in [-0.3, -0.25) is 0 Å². The van der Waals surface area contributed by atoms with Crippen LogP contribution in [0.4, 0.5) is 19.3 Å². The zero-order chi connectivity index (χ0) is 22.1. The molecule has 2 aromatic carbocycles. The van der Waals surface area contributed by atoms with Crippen molar-refractivity contribution < 1.29 is 18.7 Å². The van der Waals surface area contributed by atoms with Crippen LogP contribution in [0.2, 0.25) is 0 Å². The molecule has 1 amide bonds. The van der Waals surface area contributed by atoms with E-state index in [1.54, 1.807) is 6.07 Å². The van der Waals surface area contributed by atoms with Gasteiger partial charge in [-0.1, -0.05) is 39.0 Å². The van der Waals surface area contributed by atoms with Crippen LogP contribution in [-0.2, 0) is 6.42 Å². The van der Waals surface area contributed by atoms with E-state index < -0.39 is 17.7 Å². The zero-order valence-electron chi connectivity index (χ0n) is 18.0. The fraction of sp³-hybridized carbons (Fsp3) is 0.458. The number of carbonyl (C=O) groups is 1. The van der Waals surface area contributed by atoms with Crippen molar-refractivity contribution in [1.29, 1.82) is 0 Å². The smallest absolute Gasteiger partial charge is 0.159 e. The minimum Gasteiger partial charge on any atom is -0.530 e. The second-order valence-electron chi connectivity index (χ2n) is 9.23. The first-order valence-electron chi connectivity index (χ1n) is 10.3. The number of nitrogens with one attached hydrogen (secondary N) is 1. The molecule has 3 rings (SSSR count). The van der Waals surface area contributed by atoms with Gasteiger partial charge in [-0.15, -0.1) is 0 Å². The molecular weight excluding hydrogens is 386 g/mol. The van der Waals surface area contributed by atoms with Crippen molar-refractivity contribution in [1.82, 2.24) is 4.90 Å². The SMILES string of the molecule is Cc1cccc(NC2CCN(C(=O)[O-])C(C(C)(C)C)C2)c1Cc1ccc(F)c(F)c1. The number of piperidine rings is 1. The Bertz CT molecular complexity index is 924. The molecule has 1 heterocycles. The van der Waals surface area contributed by atoms with Crippen LogP contribution >= 0.6 is 0 Å². The Morgan fingerprint density at radius 2 is 1.93 bits per heavy atom. The van der Waals surface area contributed by atoms with Crippen molar-refractivity contribution in [3.8, 4) is 0 Å². The quantitative estimate of drug-likeness (QED) is 0.800. The molecule has 2 aromatic rings. The Labute approximate surface area is 176 Å². The van der Waals surface area contributed by atoms with Gasteiger partial charge in [0.15, 0.2) is 11.6 Å². The van der Waals surface area contributed by atoms with Gasteiger partial charge >= 0.3 is 0 Å². The largest absolute Gasteiger partial charge is 0.530 e. The number of benzene rings is 2. The lowest BCUT2D eigenvalue weighted by atomic mass is 9.79. The minimum absolute atomic E-state index is 0.107. The van der Waals surface area contributed by atoms with Crippen LogP contribution in [-0.4, -0.2) is 29.6 Å². The monoisotopic (exact) mass is 415 g/mol. The van der Waals surface area contributed by atoms with Gasteiger partial charge in [-0.2, -0.15) is 0 Å². The van der Waals surface area contributed by atoms with Crippen molar-refractivity contribution in [2.24, 2.45) is 5.41 Å². The number of carboxylic acid groups (broad SMARTS) is 1. The van der Waals surface area contributed by atoms with E-state index >= 15 is 0 Å². The van der Waals surface area contributed by atoms with Crippen LogP contribution in [0.5, 0.6) is 0 Å². The van der Waals surface area contributed by atoms with Gasteiger partial charge < -0.3 is 20.1 Å². The fourth-order valence-electron chi connectivity index (χ4n) is 4.28. The lowest BCUT2D eigenvalue weighted by molar-refractivity contribution is -0.271. The van der Waals surface area contributed by atoms with Gasteiger partial charge in [-0.25, -0.2) is 8.78 Å². The summed E-state index contributed by atoms with van der Waals surface area (Å²) in [5.41, 5.74) is 3.52. The molecule has 6 heteroatoms. The zero-order valence-corrected chi connectivity index (χ0v) is 18.0. The number of aryl methyl sites for hydroxylation is 1. The Morgan fingerprint density at radius 1 is 1.20 bits per heavy atom. The van der Waals surface area contributed by atoms with E-state index in [1.807, 2.05) is 45.9 Å². The molecule has 0 radical (unpaired) electrons. The molecule has 4 nitrogen and oxygen atoms in total. The number of rotatable bonds is 4. The summed E-state index contributed by atoms with van der Waals surface area (Å²) in [4.78, 5) is 13.0. The van der Waals surface area contributed by atoms with E-state index in [2.05, 4.69) is 5.32 Å². The number of nitrogens with zero attached hydrogens (tertiary/aromatic N) is 1. The Balaban J connectivity index is 1.82. The summed E-state index contributed by atoms with van der Waals surface area (Å²) in [5, 5.41) is 15.2. The maximum atomic E-state index is 13.7. The summed E-state index contributed by atoms with van der Waals surface area (Å²) < 4.78 is 27.0. The standard InChI is InChI=1S/C24H30F2N2O2/c1-15-6-5-7-21(18(15)12-16-8-9-19(25)20(26)13-16)27-17-10-11-28(23(29)30)22(14-17)24(2,3)4/h5-9,13,17,22,27H,10-12,14H2,1-4H3,(H,29,30)/p-1. The number of amides is 1. The average Bonchev–Trinajstić information content (AvgIpc) is 2.66. The molecular formula is C24H29F2N2O2-. The molecule has 0 saturated carbocycles. The number of carbonyl (C=O) groups excluding carboxylic acids is 1. The summed E-state index contributed by atoms with van der Waals surface area (Å²) in [5.74, 6) is -1.70. The first-order chi connectivity index (χ1) is 14.1. The average molecular weight is 416 g/mol. The van der Waals surface area contributed by atoms with E-state index in [4.69, 9.17) is 0 Å². The van der Waals surface area contributed by atoms with Gasteiger partial charge in [-0.05, 0) is 66.5 Å². The van der Waals surface area contributed by atoms with Crippen molar-refractivity contribution in [2.45, 2.75) is 59.0 Å². The van der Waals surface area contributed by atoms with Crippen LogP contribution in [0.25, 0.3) is 0 Å². The summed E-state index contributed by atoms with van der Waals surface area (Å²) in [6.45, 7) is 8.54. The van der Waals surface area contributed by atoms with Crippen LogP contribution < -0.4 is 10.4 Å². The summed E-state index contributed by atoms with van der Waals surface area (Å²) >= 11 is 0. The molecule has 0 aromatic heterocycles. The highest BCUT2D eigenvalue weighted by molar-refractivity contribution is 5.63. The van der Waals surface area contributed by atoms with Crippen LogP contribution in [0.15, 0.2) is 36.4 Å². The number of halogens is 2. The summed E-state index contributed by atoms with van der Waals surface area (Å²) in [7, 11) is 0. The first-order valence-corrected chi connectivity index (χ1v) is 10.3. The minimum atomic E-state index is -1.12. The number of likely N-dealkylation sites (tertiary alicyclic amines) is 1. The highest BCUT2D eigenvalue weighted by atomic mass is 19.2. The topological polar surface area (TPSA) is 55.4 Å². The predicted octanol–water partition coefficient (Wildman–Crippen LogP) is 4.50. The van der Waals surface area contributed by atoms with E-state index in [-0.39, 0.29) is 17.5 Å². The predicted molar refractivity (Wildman–Crippen MR) is 112 cm³/mol. The third-order valence-electron chi connectivity index (χ3n) is 5.97. The van der Waals surface area contributed by atoms with E-state index in [0.717, 1.165) is 22.9 Å². The molecule has 0 bridgehead atoms. The lowest BCUT2D eigenvalue weighted by Gasteiger charge is -2.47. The van der Waals surface area contributed by atoms with E-state index in [9.17, 15) is 18.7 Å². The molecule has 1 fully saturated rings. The third kappa shape index (κ3) is 4.91. The van der Waals surface area contributed by atoms with Crippen LogP contribution in [0, 0.1) is 24.0 Å². The van der Waals surface area contributed by atoms with Crippen molar-refractivity contribution >= 4 is 11.8 Å². The van der Waals surface area contributed by atoms with E-state index in [1.165, 1.54) is 11.0 Å². The second-order valence-corrected chi connectivity index (χ2v) is 9.23. The van der Waals surface area contributed by atoms with Crippen molar-refractivity contribution in [2.75, 3.05) is 11.9 Å². The van der Waals surface area contributed by atoms with Crippen molar-refractivity contribution in [3.63, 3.8) is 0 Å². The van der Waals surface area contributed by atoms with Crippen LogP contribution in [0.3, 0.4) is 0 Å². The fourth-order valence-corrected chi connectivity index (χ4v) is 4.28. The highest BCUT2D eigenvalue weighted by Gasteiger charge is 2.36. The molecule has 1 aliphatic rings. The molecule has 1 N–H and O–H groups in total. The normalized spacial score (nSPS) is 19.6. The highest BCUT2D eigenvalue weighted by Crippen LogP contribution is 2.34. The molecule has 1 aliphatic heterocycles. The van der Waals surface area contributed by atoms with Gasteiger partial charge in [0.2, 0.25) is 0 Å². The Hall–Kier alpha value is -2.63. The number of hydrogen-bond acceptors (Lipinski definition) is 3. The molecule has 30 heavy (non-hydrogen) atoms. The molecule has 0 aliphatic carbocycles. The third-order valence-corrected chi connectivity index (χ3v) is 5.97. The molecule has 162 valence electrons. The maximum absolute atomic E-state index is 13.7. The number of anilines is 1. The van der Waals surface area contributed by atoms with Crippen molar-refractivity contribution in [3.05, 3.63) is 64.7 Å². The van der Waals surface area contributed by atoms with Crippen LogP contribution in [0.1, 0.15) is 50.3 Å². The Morgan fingerprint density at radius 3 is 2.57 bits per heavy atom. The van der Waals surface area contributed by atoms with Gasteiger partial charge in [0.25, 0.3) is 0 Å². The summed E-state index contributed by atoms with van der Waals surface area (Å²) in [6, 6.07) is 9.89. The first kappa shape index (κ1) is 22.1. The summed E-state index contributed by atoms with van der Waals surface area (Å²) in [6.07, 6.45) is 0.713. The van der Waals surface area contributed by atoms with E-state index in [0.29, 0.717) is 31.4 Å². The Kier molecular flexibility index (Phi) is 6.34.